The standard InChI is InChI=1S/C25H25ClF3N5O3/c1-15-22(16-6-4-3-5-7-16)23(25(27,28)29)31-34(15)14-21(35)33-10-8-32(9-11-33)19-13-20(37-2)18(26)12-17(19)24(30)36/h3-7,12-13H,8-11,14H2,1-2H3,(H2,30,36). The van der Waals surface area contributed by atoms with Crippen LogP contribution in [0.3, 0.4) is 0 Å². The summed E-state index contributed by atoms with van der Waals surface area (Å²) in [5, 5.41) is 4.02. The van der Waals surface area contributed by atoms with E-state index in [0.717, 1.165) is 4.68 Å². The van der Waals surface area contributed by atoms with E-state index >= 15 is 0 Å². The number of piperazine rings is 1. The van der Waals surface area contributed by atoms with Crippen LogP contribution in [0.1, 0.15) is 21.7 Å². The van der Waals surface area contributed by atoms with E-state index in [1.54, 1.807) is 41.3 Å². The van der Waals surface area contributed by atoms with Crippen molar-refractivity contribution in [2.45, 2.75) is 19.6 Å². The highest BCUT2D eigenvalue weighted by atomic mass is 35.5. The molecule has 37 heavy (non-hydrogen) atoms. The average Bonchev–Trinajstić information content (AvgIpc) is 3.20. The minimum absolute atomic E-state index is 0.0404. The van der Waals surface area contributed by atoms with E-state index in [1.807, 2.05) is 4.90 Å². The van der Waals surface area contributed by atoms with Crippen LogP contribution in [0, 0.1) is 6.92 Å². The minimum atomic E-state index is -4.67. The Bertz CT molecular complexity index is 1320. The van der Waals surface area contributed by atoms with Gasteiger partial charge >= 0.3 is 6.18 Å². The molecule has 0 radical (unpaired) electrons. The number of nitrogens with zero attached hydrogens (tertiary/aromatic N) is 4. The van der Waals surface area contributed by atoms with E-state index in [0.29, 0.717) is 43.2 Å². The van der Waals surface area contributed by atoms with Gasteiger partial charge in [0.15, 0.2) is 5.69 Å². The number of hydrogen-bond acceptors (Lipinski definition) is 5. The van der Waals surface area contributed by atoms with Crippen LogP contribution in [0.5, 0.6) is 5.75 Å². The molecule has 1 aliphatic heterocycles. The van der Waals surface area contributed by atoms with E-state index in [2.05, 4.69) is 5.10 Å². The third-order valence-corrected chi connectivity index (χ3v) is 6.63. The number of primary amides is 1. The number of carbonyl (C=O) groups excluding carboxylic acids is 2. The molecule has 0 unspecified atom stereocenters. The maximum Gasteiger partial charge on any atom is 0.435 e. The zero-order chi connectivity index (χ0) is 26.9. The molecular formula is C25H25ClF3N5O3. The lowest BCUT2D eigenvalue weighted by atomic mass is 10.0. The first kappa shape index (κ1) is 26.3. The molecule has 12 heteroatoms. The number of halogens is 4. The lowest BCUT2D eigenvalue weighted by Gasteiger charge is -2.37. The lowest BCUT2D eigenvalue weighted by molar-refractivity contribution is -0.141. The third kappa shape index (κ3) is 5.36. The van der Waals surface area contributed by atoms with E-state index in [-0.39, 0.29) is 34.3 Å². The Hall–Kier alpha value is -3.73. The fourth-order valence-electron chi connectivity index (χ4n) is 4.43. The van der Waals surface area contributed by atoms with Gasteiger partial charge in [-0.1, -0.05) is 41.9 Å². The van der Waals surface area contributed by atoms with Crippen LogP contribution in [-0.4, -0.2) is 59.8 Å². The van der Waals surface area contributed by atoms with Crippen LogP contribution in [0.2, 0.25) is 5.02 Å². The smallest absolute Gasteiger partial charge is 0.435 e. The maximum atomic E-state index is 13.8. The summed E-state index contributed by atoms with van der Waals surface area (Å²) in [5.74, 6) is -0.631. The fraction of sp³-hybridized carbons (Fsp3) is 0.320. The van der Waals surface area contributed by atoms with Gasteiger partial charge in [0.2, 0.25) is 5.91 Å². The molecule has 3 aromatic rings. The quantitative estimate of drug-likeness (QED) is 0.515. The van der Waals surface area contributed by atoms with Gasteiger partial charge in [-0.25, -0.2) is 0 Å². The van der Waals surface area contributed by atoms with Crippen LogP contribution in [0.15, 0.2) is 42.5 Å². The van der Waals surface area contributed by atoms with Gasteiger partial charge in [-0.2, -0.15) is 18.3 Å². The van der Waals surface area contributed by atoms with Crippen molar-refractivity contribution in [2.24, 2.45) is 5.73 Å². The second-order valence-electron chi connectivity index (χ2n) is 8.57. The monoisotopic (exact) mass is 535 g/mol. The van der Waals surface area contributed by atoms with Gasteiger partial charge in [0.1, 0.15) is 12.3 Å². The number of alkyl halides is 3. The van der Waals surface area contributed by atoms with Gasteiger partial charge in [-0.3, -0.25) is 14.3 Å². The van der Waals surface area contributed by atoms with Crippen molar-refractivity contribution in [3.05, 3.63) is 64.4 Å². The number of carbonyl (C=O) groups is 2. The average molecular weight is 536 g/mol. The highest BCUT2D eigenvalue weighted by Gasteiger charge is 2.39. The van der Waals surface area contributed by atoms with Crippen LogP contribution >= 0.6 is 11.6 Å². The van der Waals surface area contributed by atoms with Crippen molar-refractivity contribution >= 4 is 29.1 Å². The first-order chi connectivity index (χ1) is 17.5. The van der Waals surface area contributed by atoms with Crippen LogP contribution in [0.25, 0.3) is 11.1 Å². The maximum absolute atomic E-state index is 13.8. The van der Waals surface area contributed by atoms with E-state index in [1.165, 1.54) is 20.1 Å². The Balaban J connectivity index is 1.52. The Kier molecular flexibility index (Phi) is 7.35. The van der Waals surface area contributed by atoms with Crippen molar-refractivity contribution in [2.75, 3.05) is 38.2 Å². The number of ether oxygens (including phenoxy) is 1. The van der Waals surface area contributed by atoms with Crippen LogP contribution in [-0.2, 0) is 17.5 Å². The minimum Gasteiger partial charge on any atom is -0.495 e. The molecule has 0 atom stereocenters. The summed E-state index contributed by atoms with van der Waals surface area (Å²) in [4.78, 5) is 28.5. The van der Waals surface area contributed by atoms with Crippen molar-refractivity contribution in [1.82, 2.24) is 14.7 Å². The summed E-state index contributed by atoms with van der Waals surface area (Å²) in [6.45, 7) is 2.52. The van der Waals surface area contributed by atoms with Gasteiger partial charge in [-0.15, -0.1) is 0 Å². The van der Waals surface area contributed by atoms with Crippen LogP contribution < -0.4 is 15.4 Å². The molecule has 2 amide bonds. The van der Waals surface area contributed by atoms with Crippen LogP contribution in [0.4, 0.5) is 18.9 Å². The van der Waals surface area contributed by atoms with Gasteiger partial charge < -0.3 is 20.3 Å². The predicted octanol–water partition coefficient (Wildman–Crippen LogP) is 3.99. The molecule has 1 fully saturated rings. The molecular weight excluding hydrogens is 511 g/mol. The Morgan fingerprint density at radius 3 is 2.32 bits per heavy atom. The molecule has 1 aliphatic rings. The van der Waals surface area contributed by atoms with Crippen molar-refractivity contribution in [1.29, 1.82) is 0 Å². The normalized spacial score (nSPS) is 14.1. The van der Waals surface area contributed by atoms with Crippen molar-refractivity contribution in [3.8, 4) is 16.9 Å². The second kappa shape index (κ2) is 10.3. The number of amides is 2. The molecule has 196 valence electrons. The molecule has 2 aromatic carbocycles. The largest absolute Gasteiger partial charge is 0.495 e. The first-order valence-corrected chi connectivity index (χ1v) is 11.8. The summed E-state index contributed by atoms with van der Waals surface area (Å²) in [6.07, 6.45) is -4.67. The molecule has 0 aliphatic carbocycles. The molecule has 4 rings (SSSR count). The topological polar surface area (TPSA) is 93.7 Å². The summed E-state index contributed by atoms with van der Waals surface area (Å²) < 4.78 is 47.7. The van der Waals surface area contributed by atoms with Gasteiger partial charge in [0, 0.05) is 43.5 Å². The summed E-state index contributed by atoms with van der Waals surface area (Å²) >= 11 is 6.14. The van der Waals surface area contributed by atoms with Crippen molar-refractivity contribution in [3.63, 3.8) is 0 Å². The predicted molar refractivity (Wildman–Crippen MR) is 133 cm³/mol. The summed E-state index contributed by atoms with van der Waals surface area (Å²) in [7, 11) is 1.45. The number of benzene rings is 2. The van der Waals surface area contributed by atoms with Gasteiger partial charge in [0.25, 0.3) is 5.91 Å². The number of rotatable bonds is 6. The fourth-order valence-corrected chi connectivity index (χ4v) is 4.67. The Labute approximate surface area is 216 Å². The summed E-state index contributed by atoms with van der Waals surface area (Å²) in [6, 6.07) is 11.2. The highest BCUT2D eigenvalue weighted by molar-refractivity contribution is 6.32. The Morgan fingerprint density at radius 2 is 1.76 bits per heavy atom. The zero-order valence-electron chi connectivity index (χ0n) is 20.2. The van der Waals surface area contributed by atoms with Gasteiger partial charge in [-0.05, 0) is 18.6 Å². The van der Waals surface area contributed by atoms with E-state index in [9.17, 15) is 22.8 Å². The molecule has 2 heterocycles. The second-order valence-corrected chi connectivity index (χ2v) is 8.97. The molecule has 1 aromatic heterocycles. The number of methoxy groups -OCH3 is 1. The molecule has 0 spiro atoms. The van der Waals surface area contributed by atoms with E-state index in [4.69, 9.17) is 22.1 Å². The van der Waals surface area contributed by atoms with E-state index < -0.39 is 17.8 Å². The molecule has 0 saturated carbocycles. The molecule has 1 saturated heterocycles. The number of nitrogens with two attached hydrogens (primary N) is 1. The van der Waals surface area contributed by atoms with Gasteiger partial charge in [0.05, 0.1) is 23.4 Å². The number of hydrogen-bond donors (Lipinski definition) is 1. The number of anilines is 1. The number of aromatic nitrogens is 2. The summed E-state index contributed by atoms with van der Waals surface area (Å²) in [5.41, 5.74) is 5.85. The lowest BCUT2D eigenvalue weighted by Crippen LogP contribution is -2.50. The van der Waals surface area contributed by atoms with Crippen molar-refractivity contribution < 1.29 is 27.5 Å². The zero-order valence-corrected chi connectivity index (χ0v) is 20.9. The SMILES string of the molecule is COc1cc(N2CCN(C(=O)Cn3nc(C(F)(F)F)c(-c4ccccc4)c3C)CC2)c(C(N)=O)cc1Cl. The molecule has 2 N–H and O–H groups in total. The third-order valence-electron chi connectivity index (χ3n) is 6.33. The molecule has 8 nitrogen and oxygen atoms in total. The first-order valence-electron chi connectivity index (χ1n) is 11.4. The highest BCUT2D eigenvalue weighted by Crippen LogP contribution is 2.38. The molecule has 0 bridgehead atoms. The Morgan fingerprint density at radius 1 is 1.11 bits per heavy atom.